The van der Waals surface area contributed by atoms with Gasteiger partial charge in [0, 0.05) is 30.6 Å². The standard InChI is InChI=1S/C34H36BrN3O6S/c1-24-13-16-29(17-14-24)45(41,42)38(28-15-18-31(43-3)32(21-28)44-4)23-33(39)37(22-26-11-8-12-27(35)19-26)30(34(40)36-2)20-25-9-6-5-7-10-25/h5-19,21,30H,20,22-23H2,1-4H3,(H,36,40). The molecule has 0 radical (unpaired) electrons. The highest BCUT2D eigenvalue weighted by Gasteiger charge is 2.34. The van der Waals surface area contributed by atoms with Crippen LogP contribution in [0.2, 0.25) is 0 Å². The molecule has 0 saturated heterocycles. The fraction of sp³-hybridized carbons (Fsp3) is 0.235. The van der Waals surface area contributed by atoms with Gasteiger partial charge >= 0.3 is 0 Å². The lowest BCUT2D eigenvalue weighted by atomic mass is 10.0. The van der Waals surface area contributed by atoms with Gasteiger partial charge < -0.3 is 19.7 Å². The van der Waals surface area contributed by atoms with Crippen molar-refractivity contribution in [3.05, 3.63) is 118 Å². The third kappa shape index (κ3) is 8.23. The van der Waals surface area contributed by atoms with E-state index in [0.29, 0.717) is 11.5 Å². The number of anilines is 1. The molecule has 0 saturated carbocycles. The molecule has 1 unspecified atom stereocenters. The summed E-state index contributed by atoms with van der Waals surface area (Å²) >= 11 is 3.48. The van der Waals surface area contributed by atoms with Crippen LogP contribution >= 0.6 is 15.9 Å². The van der Waals surface area contributed by atoms with Crippen LogP contribution in [-0.4, -0.2) is 59.0 Å². The molecule has 0 spiro atoms. The van der Waals surface area contributed by atoms with Crippen molar-refractivity contribution in [2.24, 2.45) is 0 Å². The summed E-state index contributed by atoms with van der Waals surface area (Å²) in [5, 5.41) is 2.69. The van der Waals surface area contributed by atoms with E-state index in [-0.39, 0.29) is 29.5 Å². The van der Waals surface area contributed by atoms with E-state index in [9.17, 15) is 18.0 Å². The van der Waals surface area contributed by atoms with Gasteiger partial charge in [0.2, 0.25) is 11.8 Å². The Morgan fingerprint density at radius 3 is 2.13 bits per heavy atom. The van der Waals surface area contributed by atoms with E-state index in [4.69, 9.17) is 9.47 Å². The minimum atomic E-state index is -4.25. The number of carbonyl (C=O) groups is 2. The first-order valence-corrected chi connectivity index (χ1v) is 16.4. The molecule has 1 atom stereocenters. The lowest BCUT2D eigenvalue weighted by Gasteiger charge is -2.33. The van der Waals surface area contributed by atoms with Crippen LogP contribution in [0.3, 0.4) is 0 Å². The molecule has 4 aromatic rings. The average Bonchev–Trinajstić information content (AvgIpc) is 3.05. The van der Waals surface area contributed by atoms with Crippen molar-refractivity contribution in [2.75, 3.05) is 32.1 Å². The minimum absolute atomic E-state index is 0.0151. The van der Waals surface area contributed by atoms with Gasteiger partial charge in [0.25, 0.3) is 10.0 Å². The van der Waals surface area contributed by atoms with E-state index in [1.165, 1.54) is 44.4 Å². The summed E-state index contributed by atoms with van der Waals surface area (Å²) in [5.74, 6) is -0.241. The maximum atomic E-state index is 14.5. The van der Waals surface area contributed by atoms with E-state index >= 15 is 0 Å². The second kappa shape index (κ2) is 15.1. The number of hydrogen-bond acceptors (Lipinski definition) is 6. The Bertz CT molecular complexity index is 1730. The molecule has 9 nitrogen and oxygen atoms in total. The number of sulfonamides is 1. The molecule has 0 heterocycles. The number of amides is 2. The molecule has 236 valence electrons. The average molecular weight is 695 g/mol. The van der Waals surface area contributed by atoms with Crippen molar-refractivity contribution in [3.8, 4) is 11.5 Å². The summed E-state index contributed by atoms with van der Waals surface area (Å²) in [6.45, 7) is 1.34. The molecule has 0 aliphatic rings. The zero-order chi connectivity index (χ0) is 32.6. The Morgan fingerprint density at radius 2 is 1.51 bits per heavy atom. The third-order valence-electron chi connectivity index (χ3n) is 7.30. The number of methoxy groups -OCH3 is 2. The van der Waals surface area contributed by atoms with Crippen LogP contribution < -0.4 is 19.1 Å². The van der Waals surface area contributed by atoms with Crippen molar-refractivity contribution >= 4 is 43.5 Å². The zero-order valence-electron chi connectivity index (χ0n) is 25.6. The number of benzene rings is 4. The van der Waals surface area contributed by atoms with Crippen molar-refractivity contribution in [1.29, 1.82) is 0 Å². The van der Waals surface area contributed by atoms with Gasteiger partial charge in [-0.1, -0.05) is 76.1 Å². The number of carbonyl (C=O) groups excluding carboxylic acids is 2. The minimum Gasteiger partial charge on any atom is -0.493 e. The molecule has 0 aromatic heterocycles. The monoisotopic (exact) mass is 693 g/mol. The molecule has 45 heavy (non-hydrogen) atoms. The van der Waals surface area contributed by atoms with Crippen LogP contribution in [0.25, 0.3) is 0 Å². The summed E-state index contributed by atoms with van der Waals surface area (Å²) in [6, 6.07) is 26.9. The molecular formula is C34H36BrN3O6S. The van der Waals surface area contributed by atoms with Gasteiger partial charge in [0.05, 0.1) is 24.8 Å². The third-order valence-corrected chi connectivity index (χ3v) is 9.58. The van der Waals surface area contributed by atoms with Crippen molar-refractivity contribution in [2.45, 2.75) is 30.8 Å². The first-order valence-electron chi connectivity index (χ1n) is 14.2. The highest BCUT2D eigenvalue weighted by molar-refractivity contribution is 9.10. The topological polar surface area (TPSA) is 105 Å². The summed E-state index contributed by atoms with van der Waals surface area (Å²) in [5.41, 5.74) is 2.70. The van der Waals surface area contributed by atoms with Gasteiger partial charge in [-0.05, 0) is 54.4 Å². The summed E-state index contributed by atoms with van der Waals surface area (Å²) in [7, 11) is 0.188. The quantitative estimate of drug-likeness (QED) is 0.202. The fourth-order valence-corrected chi connectivity index (χ4v) is 6.75. The highest BCUT2D eigenvalue weighted by atomic mass is 79.9. The Morgan fingerprint density at radius 1 is 0.844 bits per heavy atom. The second-order valence-corrected chi connectivity index (χ2v) is 13.1. The van der Waals surface area contributed by atoms with Gasteiger partial charge in [0.1, 0.15) is 12.6 Å². The molecule has 0 aliphatic heterocycles. The first kappa shape index (κ1) is 33.5. The SMILES string of the molecule is CNC(=O)C(Cc1ccccc1)N(Cc1cccc(Br)c1)C(=O)CN(c1ccc(OC)c(OC)c1)S(=O)(=O)c1ccc(C)cc1. The Kier molecular flexibility index (Phi) is 11.2. The van der Waals surface area contributed by atoms with Gasteiger partial charge in [-0.15, -0.1) is 0 Å². The molecule has 0 fully saturated rings. The first-order chi connectivity index (χ1) is 21.6. The molecule has 0 aliphatic carbocycles. The molecular weight excluding hydrogens is 658 g/mol. The molecule has 4 aromatic carbocycles. The van der Waals surface area contributed by atoms with Crippen LogP contribution in [0, 0.1) is 6.92 Å². The summed E-state index contributed by atoms with van der Waals surface area (Å²) < 4.78 is 41.1. The van der Waals surface area contributed by atoms with Crippen LogP contribution in [0.15, 0.2) is 106 Å². The van der Waals surface area contributed by atoms with Crippen molar-refractivity contribution in [3.63, 3.8) is 0 Å². The number of rotatable bonds is 13. The molecule has 4 rings (SSSR count). The van der Waals surface area contributed by atoms with Crippen LogP contribution in [0.5, 0.6) is 11.5 Å². The van der Waals surface area contributed by atoms with Gasteiger partial charge in [-0.3, -0.25) is 13.9 Å². The maximum Gasteiger partial charge on any atom is 0.264 e. The number of ether oxygens (including phenoxy) is 2. The van der Waals surface area contributed by atoms with Crippen molar-refractivity contribution in [1.82, 2.24) is 10.2 Å². The molecule has 2 amide bonds. The van der Waals surface area contributed by atoms with Gasteiger partial charge in [-0.2, -0.15) is 0 Å². The Balaban J connectivity index is 1.83. The number of aryl methyl sites for hydroxylation is 1. The van der Waals surface area contributed by atoms with Gasteiger partial charge in [-0.25, -0.2) is 8.42 Å². The maximum absolute atomic E-state index is 14.5. The van der Waals surface area contributed by atoms with E-state index in [2.05, 4.69) is 21.2 Å². The van der Waals surface area contributed by atoms with Gasteiger partial charge in [0.15, 0.2) is 11.5 Å². The smallest absolute Gasteiger partial charge is 0.264 e. The molecule has 11 heteroatoms. The predicted octanol–water partition coefficient (Wildman–Crippen LogP) is 5.36. The fourth-order valence-electron chi connectivity index (χ4n) is 4.90. The van der Waals surface area contributed by atoms with Crippen LogP contribution in [0.4, 0.5) is 5.69 Å². The molecule has 1 N–H and O–H groups in total. The number of nitrogens with one attached hydrogen (secondary N) is 1. The number of hydrogen-bond donors (Lipinski definition) is 1. The largest absolute Gasteiger partial charge is 0.493 e. The highest BCUT2D eigenvalue weighted by Crippen LogP contribution is 2.34. The lowest BCUT2D eigenvalue weighted by Crippen LogP contribution is -2.53. The lowest BCUT2D eigenvalue weighted by molar-refractivity contribution is -0.139. The van der Waals surface area contributed by atoms with Crippen LogP contribution in [-0.2, 0) is 32.6 Å². The predicted molar refractivity (Wildman–Crippen MR) is 178 cm³/mol. The van der Waals surface area contributed by atoms with E-state index in [0.717, 1.165) is 25.5 Å². The number of likely N-dealkylation sites (N-methyl/N-ethyl adjacent to an activating group) is 1. The number of halogens is 1. The van der Waals surface area contributed by atoms with Crippen LogP contribution in [0.1, 0.15) is 16.7 Å². The Hall–Kier alpha value is -4.35. The summed E-state index contributed by atoms with van der Waals surface area (Å²) in [4.78, 5) is 29.3. The van der Waals surface area contributed by atoms with E-state index in [1.54, 1.807) is 24.3 Å². The van der Waals surface area contributed by atoms with Crippen molar-refractivity contribution < 1.29 is 27.5 Å². The normalized spacial score (nSPS) is 11.8. The zero-order valence-corrected chi connectivity index (χ0v) is 28.0. The molecule has 0 bridgehead atoms. The van der Waals surface area contributed by atoms with E-state index < -0.39 is 28.5 Å². The van der Waals surface area contributed by atoms with E-state index in [1.807, 2.05) is 61.5 Å². The second-order valence-electron chi connectivity index (χ2n) is 10.3. The Labute approximate surface area is 273 Å². The summed E-state index contributed by atoms with van der Waals surface area (Å²) in [6.07, 6.45) is 0.224. The number of nitrogens with zero attached hydrogens (tertiary/aromatic N) is 2.